The molecule has 112 valence electrons. The second-order valence-corrected chi connectivity index (χ2v) is 5.74. The first-order valence-electron chi connectivity index (χ1n) is 7.43. The van der Waals surface area contributed by atoms with Crippen LogP contribution in [-0.2, 0) is 12.8 Å². The van der Waals surface area contributed by atoms with Crippen molar-refractivity contribution in [2.24, 2.45) is 0 Å². The summed E-state index contributed by atoms with van der Waals surface area (Å²) in [6.45, 7) is 0. The molecule has 4 rings (SSSR count). The number of nitrogens with one attached hydrogen (secondary N) is 1. The average molecular weight is 304 g/mol. The van der Waals surface area contributed by atoms with Crippen LogP contribution in [0, 0.1) is 17.1 Å². The van der Waals surface area contributed by atoms with Gasteiger partial charge in [-0.25, -0.2) is 4.39 Å². The first kappa shape index (κ1) is 13.6. The molecule has 0 bridgehead atoms. The summed E-state index contributed by atoms with van der Waals surface area (Å²) in [6, 6.07) is 15.1. The molecule has 1 aromatic heterocycles. The molecule has 0 spiro atoms. The summed E-state index contributed by atoms with van der Waals surface area (Å²) in [6.07, 6.45) is 1.67. The first-order valence-corrected chi connectivity index (χ1v) is 7.43. The second-order valence-electron chi connectivity index (χ2n) is 5.74. The van der Waals surface area contributed by atoms with E-state index in [1.165, 1.54) is 17.2 Å². The fourth-order valence-corrected chi connectivity index (χ4v) is 3.29. The summed E-state index contributed by atoms with van der Waals surface area (Å²) in [5.41, 5.74) is 4.62. The highest BCUT2D eigenvalue weighted by Gasteiger charge is 2.25. The SMILES string of the molecule is N#Cc1n[nH]nc1-c1ccc(F)c(C2Cc3ccccc3C2)c1. The lowest BCUT2D eigenvalue weighted by atomic mass is 9.93. The van der Waals surface area contributed by atoms with Gasteiger partial charge in [-0.3, -0.25) is 0 Å². The number of hydrogen-bond donors (Lipinski definition) is 1. The highest BCUT2D eigenvalue weighted by Crippen LogP contribution is 2.36. The molecule has 4 nitrogen and oxygen atoms in total. The maximum absolute atomic E-state index is 14.4. The van der Waals surface area contributed by atoms with Crippen molar-refractivity contribution < 1.29 is 4.39 Å². The van der Waals surface area contributed by atoms with Crippen LogP contribution in [0.4, 0.5) is 4.39 Å². The van der Waals surface area contributed by atoms with E-state index < -0.39 is 0 Å². The number of rotatable bonds is 2. The molecule has 0 atom stereocenters. The maximum atomic E-state index is 14.4. The smallest absolute Gasteiger partial charge is 0.190 e. The molecule has 1 N–H and O–H groups in total. The lowest BCUT2D eigenvalue weighted by Crippen LogP contribution is -2.02. The van der Waals surface area contributed by atoms with Crippen LogP contribution < -0.4 is 0 Å². The van der Waals surface area contributed by atoms with E-state index in [9.17, 15) is 4.39 Å². The number of aromatic amines is 1. The molecule has 1 aliphatic rings. The van der Waals surface area contributed by atoms with Gasteiger partial charge in [-0.1, -0.05) is 24.3 Å². The number of fused-ring (bicyclic) bond motifs is 1. The summed E-state index contributed by atoms with van der Waals surface area (Å²) in [4.78, 5) is 0. The zero-order valence-electron chi connectivity index (χ0n) is 12.3. The third-order valence-corrected chi connectivity index (χ3v) is 4.41. The van der Waals surface area contributed by atoms with Gasteiger partial charge in [-0.05, 0) is 53.6 Å². The van der Waals surface area contributed by atoms with Crippen LogP contribution in [0.5, 0.6) is 0 Å². The van der Waals surface area contributed by atoms with Gasteiger partial charge in [0.1, 0.15) is 17.6 Å². The molecular formula is C18H13FN4. The quantitative estimate of drug-likeness (QED) is 0.789. The number of hydrogen-bond acceptors (Lipinski definition) is 3. The van der Waals surface area contributed by atoms with Gasteiger partial charge in [0.15, 0.2) is 5.69 Å². The van der Waals surface area contributed by atoms with E-state index >= 15 is 0 Å². The topological polar surface area (TPSA) is 65.4 Å². The van der Waals surface area contributed by atoms with E-state index in [2.05, 4.69) is 27.5 Å². The predicted octanol–water partition coefficient (Wildman–Crippen LogP) is 3.36. The van der Waals surface area contributed by atoms with Crippen LogP contribution in [0.2, 0.25) is 0 Å². The Bertz CT molecular complexity index is 898. The Hall–Kier alpha value is -3.00. The molecule has 0 fully saturated rings. The Labute approximate surface area is 132 Å². The van der Waals surface area contributed by atoms with Gasteiger partial charge >= 0.3 is 0 Å². The van der Waals surface area contributed by atoms with E-state index in [1.54, 1.807) is 12.1 Å². The van der Waals surface area contributed by atoms with Crippen LogP contribution in [0.15, 0.2) is 42.5 Å². The zero-order valence-corrected chi connectivity index (χ0v) is 12.3. The van der Waals surface area contributed by atoms with Crippen LogP contribution in [0.25, 0.3) is 11.3 Å². The fraction of sp³-hybridized carbons (Fsp3) is 0.167. The summed E-state index contributed by atoms with van der Waals surface area (Å²) in [5, 5.41) is 19.3. The number of aromatic nitrogens is 3. The molecule has 0 saturated carbocycles. The van der Waals surface area contributed by atoms with Crippen LogP contribution >= 0.6 is 0 Å². The lowest BCUT2D eigenvalue weighted by Gasteiger charge is -2.12. The van der Waals surface area contributed by atoms with Gasteiger partial charge < -0.3 is 0 Å². The minimum absolute atomic E-state index is 0.116. The minimum Gasteiger partial charge on any atom is -0.207 e. The molecular weight excluding hydrogens is 291 g/mol. The Morgan fingerprint density at radius 2 is 1.83 bits per heavy atom. The van der Waals surface area contributed by atoms with Crippen molar-refractivity contribution in [2.75, 3.05) is 0 Å². The highest BCUT2D eigenvalue weighted by atomic mass is 19.1. The Morgan fingerprint density at radius 3 is 2.52 bits per heavy atom. The number of H-pyrrole nitrogens is 1. The Balaban J connectivity index is 1.73. The van der Waals surface area contributed by atoms with Crippen molar-refractivity contribution >= 4 is 0 Å². The van der Waals surface area contributed by atoms with Crippen LogP contribution in [0.3, 0.4) is 0 Å². The van der Waals surface area contributed by atoms with E-state index in [0.29, 0.717) is 16.8 Å². The van der Waals surface area contributed by atoms with Crippen molar-refractivity contribution in [1.82, 2.24) is 15.4 Å². The zero-order chi connectivity index (χ0) is 15.8. The summed E-state index contributed by atoms with van der Waals surface area (Å²) >= 11 is 0. The van der Waals surface area contributed by atoms with Crippen LogP contribution in [-0.4, -0.2) is 15.4 Å². The molecule has 0 amide bonds. The van der Waals surface area contributed by atoms with Crippen molar-refractivity contribution in [2.45, 2.75) is 18.8 Å². The number of benzene rings is 2. The monoisotopic (exact) mass is 304 g/mol. The third-order valence-electron chi connectivity index (χ3n) is 4.41. The van der Waals surface area contributed by atoms with Crippen molar-refractivity contribution in [1.29, 1.82) is 5.26 Å². The Kier molecular flexibility index (Phi) is 3.16. The van der Waals surface area contributed by atoms with Gasteiger partial charge in [0.25, 0.3) is 0 Å². The molecule has 2 aromatic carbocycles. The number of nitriles is 1. The standard InChI is InChI=1S/C18H13FN4/c19-16-6-5-13(18-17(10-20)21-23-22-18)9-15(16)14-7-11-3-1-2-4-12(11)8-14/h1-6,9,14H,7-8H2,(H,21,22,23). The first-order chi connectivity index (χ1) is 11.3. The molecule has 1 aliphatic carbocycles. The van der Waals surface area contributed by atoms with Crippen molar-refractivity contribution in [3.8, 4) is 17.3 Å². The van der Waals surface area contributed by atoms with E-state index in [-0.39, 0.29) is 17.4 Å². The van der Waals surface area contributed by atoms with Gasteiger partial charge in [-0.2, -0.15) is 15.6 Å². The molecule has 1 heterocycles. The molecule has 23 heavy (non-hydrogen) atoms. The average Bonchev–Trinajstić information content (AvgIpc) is 3.21. The van der Waals surface area contributed by atoms with E-state index in [4.69, 9.17) is 5.26 Å². The lowest BCUT2D eigenvalue weighted by molar-refractivity contribution is 0.584. The summed E-state index contributed by atoms with van der Waals surface area (Å²) in [5.74, 6) is -0.0988. The number of halogens is 1. The molecule has 0 aliphatic heterocycles. The van der Waals surface area contributed by atoms with Gasteiger partial charge in [0.2, 0.25) is 0 Å². The van der Waals surface area contributed by atoms with Crippen molar-refractivity contribution in [3.63, 3.8) is 0 Å². The molecule has 5 heteroatoms. The minimum atomic E-state index is -0.214. The predicted molar refractivity (Wildman–Crippen MR) is 83.1 cm³/mol. The second kappa shape index (κ2) is 5.33. The van der Waals surface area contributed by atoms with Crippen LogP contribution in [0.1, 0.15) is 28.3 Å². The number of nitrogens with zero attached hydrogens (tertiary/aromatic N) is 3. The van der Waals surface area contributed by atoms with E-state index in [0.717, 1.165) is 12.8 Å². The summed E-state index contributed by atoms with van der Waals surface area (Å²) in [7, 11) is 0. The van der Waals surface area contributed by atoms with Gasteiger partial charge in [0.05, 0.1) is 0 Å². The third kappa shape index (κ3) is 2.29. The molecule has 0 saturated heterocycles. The normalized spacial score (nSPS) is 13.7. The molecule has 0 radical (unpaired) electrons. The largest absolute Gasteiger partial charge is 0.207 e. The Morgan fingerprint density at radius 1 is 1.09 bits per heavy atom. The van der Waals surface area contributed by atoms with Crippen molar-refractivity contribution in [3.05, 3.63) is 70.7 Å². The maximum Gasteiger partial charge on any atom is 0.190 e. The van der Waals surface area contributed by atoms with Gasteiger partial charge in [0, 0.05) is 5.56 Å². The highest BCUT2D eigenvalue weighted by molar-refractivity contribution is 5.65. The summed E-state index contributed by atoms with van der Waals surface area (Å²) < 4.78 is 14.4. The molecule has 0 unspecified atom stereocenters. The fourth-order valence-electron chi connectivity index (χ4n) is 3.29. The van der Waals surface area contributed by atoms with Gasteiger partial charge in [-0.15, -0.1) is 5.10 Å². The van der Waals surface area contributed by atoms with E-state index in [1.807, 2.05) is 18.2 Å². The molecule has 3 aromatic rings.